The van der Waals surface area contributed by atoms with Crippen molar-refractivity contribution in [1.29, 1.82) is 0 Å². The van der Waals surface area contributed by atoms with E-state index in [0.717, 1.165) is 11.1 Å². The largest absolute Gasteiger partial charge is 0.354 e. The molecule has 26 heavy (non-hydrogen) atoms. The molecule has 6 heteroatoms. The Kier molecular flexibility index (Phi) is 3.83. The van der Waals surface area contributed by atoms with E-state index in [4.69, 9.17) is 0 Å². The van der Waals surface area contributed by atoms with Gasteiger partial charge in [0.25, 0.3) is 5.91 Å². The molecule has 4 rings (SSSR count). The summed E-state index contributed by atoms with van der Waals surface area (Å²) in [4.78, 5) is 15.6. The summed E-state index contributed by atoms with van der Waals surface area (Å²) in [5, 5.41) is 4.93. The van der Waals surface area contributed by atoms with Gasteiger partial charge in [0.1, 0.15) is 11.6 Å². The van der Waals surface area contributed by atoms with E-state index >= 15 is 0 Å². The molecule has 1 aromatic heterocycles. The zero-order chi connectivity index (χ0) is 18.4. The van der Waals surface area contributed by atoms with E-state index < -0.39 is 11.7 Å². The van der Waals surface area contributed by atoms with Crippen molar-refractivity contribution in [3.05, 3.63) is 59.2 Å². The predicted molar refractivity (Wildman–Crippen MR) is 97.1 cm³/mol. The highest BCUT2D eigenvalue weighted by Gasteiger charge is 2.27. The van der Waals surface area contributed by atoms with E-state index in [-0.39, 0.29) is 11.4 Å². The van der Waals surface area contributed by atoms with Crippen molar-refractivity contribution in [1.82, 2.24) is 10.4 Å². The molecule has 1 aliphatic heterocycles. The van der Waals surface area contributed by atoms with Gasteiger partial charge in [-0.1, -0.05) is 13.8 Å². The number of carbonyl (C=O) groups is 1. The van der Waals surface area contributed by atoms with Crippen molar-refractivity contribution in [2.75, 3.05) is 0 Å². The summed E-state index contributed by atoms with van der Waals surface area (Å²) in [6.07, 6.45) is 0.637. The van der Waals surface area contributed by atoms with Gasteiger partial charge >= 0.3 is 0 Å². The lowest BCUT2D eigenvalue weighted by atomic mass is 9.94. The second kappa shape index (κ2) is 6.05. The minimum absolute atomic E-state index is 0.238. The van der Waals surface area contributed by atoms with Crippen LogP contribution in [0.25, 0.3) is 22.2 Å². The second-order valence-corrected chi connectivity index (χ2v) is 6.86. The number of rotatable bonds is 3. The van der Waals surface area contributed by atoms with Crippen LogP contribution in [-0.2, 0) is 0 Å². The van der Waals surface area contributed by atoms with Crippen molar-refractivity contribution in [3.63, 3.8) is 0 Å². The molecule has 0 bridgehead atoms. The lowest BCUT2D eigenvalue weighted by Crippen LogP contribution is -2.18. The molecule has 0 unspecified atom stereocenters. The van der Waals surface area contributed by atoms with Crippen LogP contribution in [-0.4, -0.2) is 16.6 Å². The molecule has 0 atom stereocenters. The fourth-order valence-electron chi connectivity index (χ4n) is 3.37. The van der Waals surface area contributed by atoms with Crippen LogP contribution >= 0.6 is 0 Å². The molecule has 3 aromatic rings. The zero-order valence-electron chi connectivity index (χ0n) is 14.4. The number of nitrogens with one attached hydrogen (secondary N) is 2. The topological polar surface area (TPSA) is 57.2 Å². The molecule has 0 saturated carbocycles. The monoisotopic (exact) mass is 353 g/mol. The normalized spacial score (nSPS) is 13.7. The van der Waals surface area contributed by atoms with Gasteiger partial charge in [0.15, 0.2) is 0 Å². The Morgan fingerprint density at radius 3 is 2.50 bits per heavy atom. The lowest BCUT2D eigenvalue weighted by Gasteiger charge is -2.10. The van der Waals surface area contributed by atoms with E-state index in [1.807, 2.05) is 0 Å². The molecule has 0 aliphatic carbocycles. The smallest absolute Gasteiger partial charge is 0.272 e. The SMILES string of the molecule is CC(C)CC1=NNC(=O)c2cc(F)cc3[nH]c(-c4ccc(F)cc4)c1c23. The lowest BCUT2D eigenvalue weighted by molar-refractivity contribution is 0.0956. The van der Waals surface area contributed by atoms with E-state index in [2.05, 4.69) is 29.4 Å². The van der Waals surface area contributed by atoms with Gasteiger partial charge in [-0.3, -0.25) is 4.79 Å². The number of aromatic amines is 1. The van der Waals surface area contributed by atoms with E-state index in [9.17, 15) is 13.6 Å². The average molecular weight is 353 g/mol. The molecular formula is C20H17F2N3O. The highest BCUT2D eigenvalue weighted by atomic mass is 19.1. The van der Waals surface area contributed by atoms with Crippen LogP contribution in [0.3, 0.4) is 0 Å². The van der Waals surface area contributed by atoms with Crippen LogP contribution in [0.5, 0.6) is 0 Å². The first-order valence-corrected chi connectivity index (χ1v) is 8.42. The summed E-state index contributed by atoms with van der Waals surface area (Å²) in [5.41, 5.74) is 6.18. The first-order valence-electron chi connectivity index (χ1n) is 8.42. The summed E-state index contributed by atoms with van der Waals surface area (Å²) in [6.45, 7) is 4.12. The fourth-order valence-corrected chi connectivity index (χ4v) is 3.37. The Balaban J connectivity index is 2.07. The highest BCUT2D eigenvalue weighted by molar-refractivity contribution is 6.22. The van der Waals surface area contributed by atoms with Crippen molar-refractivity contribution >= 4 is 22.5 Å². The molecule has 132 valence electrons. The van der Waals surface area contributed by atoms with Gasteiger partial charge in [0.05, 0.1) is 22.5 Å². The number of hydrogen-bond acceptors (Lipinski definition) is 2. The molecule has 0 saturated heterocycles. The molecule has 4 nitrogen and oxygen atoms in total. The number of aromatic nitrogens is 1. The third-order valence-electron chi connectivity index (χ3n) is 4.42. The minimum Gasteiger partial charge on any atom is -0.354 e. The van der Waals surface area contributed by atoms with Crippen molar-refractivity contribution in [2.45, 2.75) is 20.3 Å². The molecule has 0 radical (unpaired) electrons. The highest BCUT2D eigenvalue weighted by Crippen LogP contribution is 2.36. The number of halogens is 2. The van der Waals surface area contributed by atoms with Crippen LogP contribution in [0.1, 0.15) is 36.2 Å². The molecular weight excluding hydrogens is 336 g/mol. The maximum atomic E-state index is 14.0. The van der Waals surface area contributed by atoms with Gasteiger partial charge < -0.3 is 4.98 Å². The zero-order valence-corrected chi connectivity index (χ0v) is 14.4. The molecule has 2 heterocycles. The number of carbonyl (C=O) groups excluding carboxylic acids is 1. The van der Waals surface area contributed by atoms with Crippen molar-refractivity contribution in [2.24, 2.45) is 11.0 Å². The minimum atomic E-state index is -0.506. The number of H-pyrrole nitrogens is 1. The molecule has 1 amide bonds. The Labute approximate surface area is 148 Å². The number of hydrazone groups is 1. The van der Waals surface area contributed by atoms with E-state index in [0.29, 0.717) is 34.6 Å². The van der Waals surface area contributed by atoms with Gasteiger partial charge in [0.2, 0.25) is 0 Å². The molecule has 1 aliphatic rings. The second-order valence-electron chi connectivity index (χ2n) is 6.86. The van der Waals surface area contributed by atoms with Crippen LogP contribution in [0, 0.1) is 17.6 Å². The van der Waals surface area contributed by atoms with Gasteiger partial charge in [0, 0.05) is 10.9 Å². The third-order valence-corrected chi connectivity index (χ3v) is 4.42. The first-order chi connectivity index (χ1) is 12.4. The summed E-state index contributed by atoms with van der Waals surface area (Å²) in [7, 11) is 0. The molecule has 0 fully saturated rings. The molecule has 2 N–H and O–H groups in total. The maximum Gasteiger partial charge on any atom is 0.272 e. The van der Waals surface area contributed by atoms with Crippen LogP contribution in [0.15, 0.2) is 41.5 Å². The molecule has 0 spiro atoms. The molecule has 2 aromatic carbocycles. The summed E-state index contributed by atoms with van der Waals surface area (Å²) >= 11 is 0. The Bertz CT molecular complexity index is 1050. The Morgan fingerprint density at radius 1 is 1.08 bits per heavy atom. The Hall–Kier alpha value is -3.02. The average Bonchev–Trinajstić information content (AvgIpc) is 2.90. The number of amides is 1. The quantitative estimate of drug-likeness (QED) is 0.710. The van der Waals surface area contributed by atoms with Crippen LogP contribution in [0.4, 0.5) is 8.78 Å². The van der Waals surface area contributed by atoms with Crippen LogP contribution in [0.2, 0.25) is 0 Å². The van der Waals surface area contributed by atoms with Crippen LogP contribution < -0.4 is 5.43 Å². The maximum absolute atomic E-state index is 14.0. The number of hydrogen-bond donors (Lipinski definition) is 2. The van der Waals surface area contributed by atoms with Crippen molar-refractivity contribution in [3.8, 4) is 11.3 Å². The number of nitrogens with zero attached hydrogens (tertiary/aromatic N) is 1. The summed E-state index contributed by atoms with van der Waals surface area (Å²) < 4.78 is 27.4. The van der Waals surface area contributed by atoms with Gasteiger partial charge in [-0.05, 0) is 54.3 Å². The van der Waals surface area contributed by atoms with Gasteiger partial charge in [-0.2, -0.15) is 5.10 Å². The number of benzene rings is 2. The standard InChI is InChI=1S/C20H17F2N3O/c1-10(2)7-16-18-17-14(20(26)25-24-16)8-13(22)9-15(17)23-19(18)11-3-5-12(21)6-4-11/h3-6,8-10,23H,7H2,1-2H3,(H,25,26). The van der Waals surface area contributed by atoms with E-state index in [1.165, 1.54) is 24.3 Å². The van der Waals surface area contributed by atoms with Crippen molar-refractivity contribution < 1.29 is 13.6 Å². The van der Waals surface area contributed by atoms with Gasteiger partial charge in [-0.25, -0.2) is 14.2 Å². The third kappa shape index (κ3) is 2.67. The fraction of sp³-hybridized carbons (Fsp3) is 0.200. The Morgan fingerprint density at radius 2 is 1.81 bits per heavy atom. The predicted octanol–water partition coefficient (Wildman–Crippen LogP) is 4.61. The summed E-state index contributed by atoms with van der Waals surface area (Å²) in [6, 6.07) is 8.63. The first kappa shape index (κ1) is 16.4. The summed E-state index contributed by atoms with van der Waals surface area (Å²) in [5.74, 6) is -0.985. The van der Waals surface area contributed by atoms with E-state index in [1.54, 1.807) is 12.1 Å². The van der Waals surface area contributed by atoms with Gasteiger partial charge in [-0.15, -0.1) is 0 Å².